The summed E-state index contributed by atoms with van der Waals surface area (Å²) >= 11 is 0. The summed E-state index contributed by atoms with van der Waals surface area (Å²) in [5.41, 5.74) is 6.12. The van der Waals surface area contributed by atoms with E-state index in [1.165, 1.54) is 0 Å². The lowest BCUT2D eigenvalue weighted by Gasteiger charge is -2.05. The molecule has 6 nitrogen and oxygen atoms in total. The molecule has 90 valence electrons. The first-order valence-electron chi connectivity index (χ1n) is 4.65. The van der Waals surface area contributed by atoms with Crippen molar-refractivity contribution in [1.29, 1.82) is 0 Å². The van der Waals surface area contributed by atoms with Gasteiger partial charge < -0.3 is 10.8 Å². The van der Waals surface area contributed by atoms with Crippen LogP contribution in [0.2, 0.25) is 0 Å². The van der Waals surface area contributed by atoms with Gasteiger partial charge in [-0.05, 0) is 24.1 Å². The molecule has 0 saturated heterocycles. The molecule has 2 rings (SSSR count). The van der Waals surface area contributed by atoms with Gasteiger partial charge in [-0.1, -0.05) is 6.07 Å². The van der Waals surface area contributed by atoms with Gasteiger partial charge in [-0.25, -0.2) is 4.79 Å². The van der Waals surface area contributed by atoms with Crippen molar-refractivity contribution in [2.75, 3.05) is 0 Å². The molecule has 0 radical (unpaired) electrons. The molecule has 0 saturated carbocycles. The van der Waals surface area contributed by atoms with E-state index in [0.29, 0.717) is 10.7 Å². The van der Waals surface area contributed by atoms with Gasteiger partial charge in [0.1, 0.15) is 6.04 Å². The van der Waals surface area contributed by atoms with Crippen LogP contribution in [0.3, 0.4) is 0 Å². The van der Waals surface area contributed by atoms with Crippen molar-refractivity contribution < 1.29 is 14.7 Å². The summed E-state index contributed by atoms with van der Waals surface area (Å²) in [5.74, 6) is -1.06. The third kappa shape index (κ3) is 2.86. The Kier molecular flexibility index (Phi) is 3.93. The molecule has 1 aromatic carbocycles. The number of carbonyl (C=O) groups is 2. The highest BCUT2D eigenvalue weighted by Crippen LogP contribution is 1.99. The van der Waals surface area contributed by atoms with Crippen LogP contribution in [0.5, 0.6) is 0 Å². The highest BCUT2D eigenvalue weighted by Gasteiger charge is 2.13. The minimum absolute atomic E-state index is 0. The van der Waals surface area contributed by atoms with Crippen LogP contribution in [0, 0.1) is 0 Å². The average Bonchev–Trinajstić information content (AvgIpc) is 2.57. The maximum absolute atomic E-state index is 10.9. The molecule has 1 unspecified atom stereocenters. The van der Waals surface area contributed by atoms with Crippen molar-refractivity contribution in [3.05, 3.63) is 34.5 Å². The normalized spacial score (nSPS) is 14.1. The number of nitrogens with two attached hydrogens (primary N) is 1. The van der Waals surface area contributed by atoms with Crippen LogP contribution in [0.25, 0.3) is 0 Å². The van der Waals surface area contributed by atoms with E-state index >= 15 is 0 Å². The molecule has 1 aliphatic heterocycles. The molecule has 17 heavy (non-hydrogen) atoms. The number of aliphatic carboxylic acids is 1. The Hall–Kier alpha value is -1.79. The largest absolute Gasteiger partial charge is 0.480 e. The second kappa shape index (κ2) is 5.03. The Morgan fingerprint density at radius 3 is 2.65 bits per heavy atom. The van der Waals surface area contributed by atoms with Crippen LogP contribution in [0.1, 0.15) is 5.56 Å². The molecule has 0 spiro atoms. The zero-order valence-corrected chi connectivity index (χ0v) is 9.48. The van der Waals surface area contributed by atoms with Crippen molar-refractivity contribution in [1.82, 2.24) is 0 Å². The number of amides is 2. The molecule has 0 fully saturated rings. The second-order valence-corrected chi connectivity index (χ2v) is 3.48. The predicted molar refractivity (Wildman–Crippen MR) is 60.7 cm³/mol. The average molecular weight is 256 g/mol. The SMILES string of the molecule is Cl.NC(Cc1ccc2c(c1)=NC(=O)N=2)C(=O)O. The van der Waals surface area contributed by atoms with E-state index in [1.54, 1.807) is 18.2 Å². The Bertz CT molecular complexity index is 585. The number of nitrogens with zero attached hydrogens (tertiary/aromatic N) is 2. The smallest absolute Gasteiger partial charge is 0.368 e. The zero-order chi connectivity index (χ0) is 11.7. The van der Waals surface area contributed by atoms with Crippen LogP contribution in [-0.4, -0.2) is 23.1 Å². The van der Waals surface area contributed by atoms with Crippen LogP contribution >= 0.6 is 12.4 Å². The number of hydrogen-bond acceptors (Lipinski definition) is 3. The summed E-state index contributed by atoms with van der Waals surface area (Å²) < 4.78 is 0. The van der Waals surface area contributed by atoms with Gasteiger partial charge in [0.2, 0.25) is 0 Å². The van der Waals surface area contributed by atoms with E-state index in [0.717, 1.165) is 5.56 Å². The van der Waals surface area contributed by atoms with E-state index in [4.69, 9.17) is 10.8 Å². The summed E-state index contributed by atoms with van der Waals surface area (Å²) in [6, 6.07) is 3.47. The number of hydrogen-bond donors (Lipinski definition) is 2. The van der Waals surface area contributed by atoms with Crippen molar-refractivity contribution >= 4 is 24.4 Å². The van der Waals surface area contributed by atoms with E-state index < -0.39 is 18.0 Å². The van der Waals surface area contributed by atoms with E-state index in [1.807, 2.05) is 0 Å². The monoisotopic (exact) mass is 255 g/mol. The summed E-state index contributed by atoms with van der Waals surface area (Å²) in [6.45, 7) is 0. The Morgan fingerprint density at radius 2 is 2.00 bits per heavy atom. The van der Waals surface area contributed by atoms with Crippen molar-refractivity contribution in [3.63, 3.8) is 0 Å². The molecule has 2 amide bonds. The minimum Gasteiger partial charge on any atom is -0.480 e. The third-order valence-corrected chi connectivity index (χ3v) is 2.24. The number of carboxylic acid groups (broad SMARTS) is 1. The van der Waals surface area contributed by atoms with Crippen molar-refractivity contribution in [2.45, 2.75) is 12.5 Å². The molecule has 1 aliphatic rings. The van der Waals surface area contributed by atoms with Crippen LogP contribution in [0.15, 0.2) is 28.2 Å². The fraction of sp³-hybridized carbons (Fsp3) is 0.200. The van der Waals surface area contributed by atoms with E-state index in [9.17, 15) is 9.59 Å². The molecule has 3 N–H and O–H groups in total. The molecule has 0 aliphatic carbocycles. The molecule has 1 aromatic rings. The first kappa shape index (κ1) is 13.3. The number of urea groups is 1. The van der Waals surface area contributed by atoms with Gasteiger partial charge in [-0.2, -0.15) is 9.98 Å². The summed E-state index contributed by atoms with van der Waals surface area (Å²) in [6.07, 6.45) is 0.201. The lowest BCUT2D eigenvalue weighted by atomic mass is 10.1. The van der Waals surface area contributed by atoms with E-state index in [2.05, 4.69) is 9.98 Å². The summed E-state index contributed by atoms with van der Waals surface area (Å²) in [4.78, 5) is 28.8. The number of fused-ring (bicyclic) bond motifs is 1. The van der Waals surface area contributed by atoms with Gasteiger partial charge in [0, 0.05) is 0 Å². The Morgan fingerprint density at radius 1 is 1.35 bits per heavy atom. The summed E-state index contributed by atoms with van der Waals surface area (Å²) in [7, 11) is 0. The first-order chi connectivity index (χ1) is 7.56. The lowest BCUT2D eigenvalue weighted by Crippen LogP contribution is -2.33. The van der Waals surface area contributed by atoms with Gasteiger partial charge in [0.05, 0.1) is 10.7 Å². The fourth-order valence-corrected chi connectivity index (χ4v) is 1.45. The highest BCUT2D eigenvalue weighted by atomic mass is 35.5. The number of carbonyl (C=O) groups excluding carboxylic acids is 1. The number of rotatable bonds is 3. The van der Waals surface area contributed by atoms with Gasteiger partial charge in [-0.15, -0.1) is 12.4 Å². The predicted octanol–water partition coefficient (Wildman–Crippen LogP) is -0.564. The molecular formula is C10H10ClN3O3. The quantitative estimate of drug-likeness (QED) is 0.755. The first-order valence-corrected chi connectivity index (χ1v) is 4.65. The number of benzene rings is 1. The lowest BCUT2D eigenvalue weighted by molar-refractivity contribution is -0.138. The fourth-order valence-electron chi connectivity index (χ4n) is 1.45. The van der Waals surface area contributed by atoms with Gasteiger partial charge in [-0.3, -0.25) is 4.79 Å². The van der Waals surface area contributed by atoms with Gasteiger partial charge in [0.15, 0.2) is 0 Å². The minimum atomic E-state index is -1.06. The maximum Gasteiger partial charge on any atom is 0.368 e. The number of carboxylic acids is 1. The van der Waals surface area contributed by atoms with Crippen LogP contribution < -0.4 is 16.4 Å². The Balaban J connectivity index is 0.00000144. The number of halogens is 1. The van der Waals surface area contributed by atoms with Crippen LogP contribution in [-0.2, 0) is 11.2 Å². The van der Waals surface area contributed by atoms with E-state index in [-0.39, 0.29) is 18.8 Å². The van der Waals surface area contributed by atoms with Crippen LogP contribution in [0.4, 0.5) is 4.79 Å². The zero-order valence-electron chi connectivity index (χ0n) is 8.66. The molecular weight excluding hydrogens is 246 g/mol. The van der Waals surface area contributed by atoms with Gasteiger partial charge >= 0.3 is 12.0 Å². The second-order valence-electron chi connectivity index (χ2n) is 3.48. The maximum atomic E-state index is 10.9. The molecule has 0 bridgehead atoms. The molecule has 1 heterocycles. The third-order valence-electron chi connectivity index (χ3n) is 2.24. The standard InChI is InChI=1S/C10H9N3O3.ClH/c11-6(9(14)15)3-5-1-2-7-8(4-5)13-10(16)12-7;/h1-2,4,6H,3,11H2,(H,14,15);1H. The molecule has 7 heteroatoms. The highest BCUT2D eigenvalue weighted by molar-refractivity contribution is 5.85. The van der Waals surface area contributed by atoms with Gasteiger partial charge in [0.25, 0.3) is 0 Å². The topological polar surface area (TPSA) is 105 Å². The van der Waals surface area contributed by atoms with Crippen molar-refractivity contribution in [2.24, 2.45) is 15.7 Å². The molecule has 0 aromatic heterocycles. The summed E-state index contributed by atoms with van der Waals surface area (Å²) in [5, 5.41) is 9.64. The Labute approximate surface area is 102 Å². The van der Waals surface area contributed by atoms with Crippen molar-refractivity contribution in [3.8, 4) is 0 Å². The molecule has 1 atom stereocenters.